The summed E-state index contributed by atoms with van der Waals surface area (Å²) in [5.41, 5.74) is 5.69. The van der Waals surface area contributed by atoms with Gasteiger partial charge >= 0.3 is 0 Å². The maximum absolute atomic E-state index is 10.3. The van der Waals surface area contributed by atoms with Gasteiger partial charge in [-0.25, -0.2) is 4.98 Å². The van der Waals surface area contributed by atoms with Gasteiger partial charge in [0.25, 0.3) is 0 Å². The quantitative estimate of drug-likeness (QED) is 0.856. The summed E-state index contributed by atoms with van der Waals surface area (Å²) in [5, 5.41) is 12.9. The van der Waals surface area contributed by atoms with Crippen molar-refractivity contribution in [2.75, 3.05) is 25.5 Å². The number of thiophene rings is 1. The van der Waals surface area contributed by atoms with E-state index in [1.165, 1.54) is 11.3 Å². The summed E-state index contributed by atoms with van der Waals surface area (Å²) in [5.74, 6) is 0. The molecular weight excluding hydrogens is 342 g/mol. The van der Waals surface area contributed by atoms with E-state index in [-0.39, 0.29) is 18.4 Å². The summed E-state index contributed by atoms with van der Waals surface area (Å²) in [4.78, 5) is 8.63. The van der Waals surface area contributed by atoms with Crippen LogP contribution in [-0.2, 0) is 11.3 Å². The predicted molar refractivity (Wildman–Crippen MR) is 92.7 cm³/mol. The molecule has 22 heavy (non-hydrogen) atoms. The Morgan fingerprint density at radius 1 is 1.55 bits per heavy atom. The highest BCUT2D eigenvalue weighted by molar-refractivity contribution is 7.15. The van der Waals surface area contributed by atoms with E-state index in [0.29, 0.717) is 18.2 Å². The number of hydrogen-bond acceptors (Lipinski definition) is 7. The van der Waals surface area contributed by atoms with Crippen molar-refractivity contribution in [1.29, 1.82) is 0 Å². The number of hydrogen-bond donors (Lipinski definition) is 2. The molecule has 2 unspecified atom stereocenters. The Bertz CT molecular complexity index is 564. The van der Waals surface area contributed by atoms with Gasteiger partial charge in [0.2, 0.25) is 0 Å². The average Bonchev–Trinajstić information content (AvgIpc) is 3.13. The van der Waals surface area contributed by atoms with Crippen LogP contribution in [0.25, 0.3) is 0 Å². The van der Waals surface area contributed by atoms with Crippen molar-refractivity contribution in [3.8, 4) is 0 Å². The first-order valence-corrected chi connectivity index (χ1v) is 8.65. The topological polar surface area (TPSA) is 71.6 Å². The minimum absolute atomic E-state index is 0. The van der Waals surface area contributed by atoms with Crippen LogP contribution in [0.3, 0.4) is 0 Å². The lowest BCUT2D eigenvalue weighted by Crippen LogP contribution is -2.45. The highest BCUT2D eigenvalue weighted by Crippen LogP contribution is 2.27. The number of halogens is 1. The van der Waals surface area contributed by atoms with E-state index in [0.717, 1.165) is 29.5 Å². The number of rotatable bonds is 5. The van der Waals surface area contributed by atoms with Crippen LogP contribution in [0.4, 0.5) is 5.13 Å². The van der Waals surface area contributed by atoms with Crippen LogP contribution in [0, 0.1) is 0 Å². The second kappa shape index (κ2) is 8.24. The van der Waals surface area contributed by atoms with E-state index >= 15 is 0 Å². The zero-order valence-corrected chi connectivity index (χ0v) is 14.5. The van der Waals surface area contributed by atoms with Crippen LogP contribution in [0.2, 0.25) is 0 Å². The molecule has 122 valence electrons. The van der Waals surface area contributed by atoms with Gasteiger partial charge in [-0.2, -0.15) is 0 Å². The van der Waals surface area contributed by atoms with Crippen molar-refractivity contribution < 1.29 is 9.84 Å². The molecule has 2 aromatic rings. The first-order chi connectivity index (χ1) is 10.2. The summed E-state index contributed by atoms with van der Waals surface area (Å²) in [7, 11) is 0. The van der Waals surface area contributed by atoms with Crippen LogP contribution in [0.1, 0.15) is 22.3 Å². The molecule has 0 aliphatic carbocycles. The van der Waals surface area contributed by atoms with Crippen molar-refractivity contribution >= 4 is 40.2 Å². The molecule has 3 N–H and O–H groups in total. The summed E-state index contributed by atoms with van der Waals surface area (Å²) < 4.78 is 5.59. The second-order valence-electron chi connectivity index (χ2n) is 5.13. The smallest absolute Gasteiger partial charge is 0.180 e. The van der Waals surface area contributed by atoms with E-state index in [9.17, 15) is 5.11 Å². The monoisotopic (exact) mass is 361 g/mol. The standard InChI is InChI=1S/C14H19N3O2S2.ClH/c15-14-16-7-11(21-14)8-17-3-4-19-9-10(17)6-12(18)13-2-1-5-20-13;/h1-2,5,7,10,12,18H,3-4,6,8-9H2,(H2,15,16);1H. The van der Waals surface area contributed by atoms with E-state index in [1.54, 1.807) is 11.3 Å². The molecule has 3 rings (SSSR count). The van der Waals surface area contributed by atoms with Gasteiger partial charge in [0.05, 0.1) is 19.3 Å². The molecule has 0 bridgehead atoms. The first kappa shape index (κ1) is 17.7. The minimum Gasteiger partial charge on any atom is -0.388 e. The lowest BCUT2D eigenvalue weighted by molar-refractivity contribution is -0.0292. The van der Waals surface area contributed by atoms with Crippen molar-refractivity contribution in [2.45, 2.75) is 25.1 Å². The number of anilines is 1. The fraction of sp³-hybridized carbons (Fsp3) is 0.500. The molecule has 2 atom stereocenters. The van der Waals surface area contributed by atoms with Gasteiger partial charge in [-0.3, -0.25) is 4.90 Å². The number of morpholine rings is 1. The van der Waals surface area contributed by atoms with Gasteiger partial charge in [0.15, 0.2) is 5.13 Å². The average molecular weight is 362 g/mol. The third-order valence-electron chi connectivity index (χ3n) is 3.65. The molecule has 3 heterocycles. The molecule has 8 heteroatoms. The molecule has 1 fully saturated rings. The Kier molecular flexibility index (Phi) is 6.61. The van der Waals surface area contributed by atoms with Crippen LogP contribution >= 0.6 is 35.1 Å². The number of aromatic nitrogens is 1. The highest BCUT2D eigenvalue weighted by Gasteiger charge is 2.26. The summed E-state index contributed by atoms with van der Waals surface area (Å²) in [6.45, 7) is 3.09. The molecule has 1 aliphatic heterocycles. The van der Waals surface area contributed by atoms with Gasteiger partial charge in [-0.1, -0.05) is 6.07 Å². The lowest BCUT2D eigenvalue weighted by Gasteiger charge is -2.36. The number of aliphatic hydroxyl groups excluding tert-OH is 1. The molecule has 0 spiro atoms. The van der Waals surface area contributed by atoms with E-state index < -0.39 is 6.10 Å². The molecule has 5 nitrogen and oxygen atoms in total. The SMILES string of the molecule is Cl.Nc1ncc(CN2CCOCC2CC(O)c2cccs2)s1. The normalized spacial score (nSPS) is 20.5. The minimum atomic E-state index is -0.425. The van der Waals surface area contributed by atoms with Gasteiger partial charge in [-0.15, -0.1) is 35.1 Å². The zero-order valence-electron chi connectivity index (χ0n) is 12.1. The van der Waals surface area contributed by atoms with Gasteiger partial charge < -0.3 is 15.6 Å². The molecule has 0 radical (unpaired) electrons. The van der Waals surface area contributed by atoms with E-state index in [4.69, 9.17) is 10.5 Å². The van der Waals surface area contributed by atoms with E-state index in [1.807, 2.05) is 23.7 Å². The van der Waals surface area contributed by atoms with E-state index in [2.05, 4.69) is 9.88 Å². The maximum atomic E-state index is 10.3. The van der Waals surface area contributed by atoms with Gasteiger partial charge in [0.1, 0.15) is 0 Å². The number of thiazole rings is 1. The highest BCUT2D eigenvalue weighted by atomic mass is 35.5. The number of nitrogen functional groups attached to an aromatic ring is 1. The fourth-order valence-electron chi connectivity index (χ4n) is 2.57. The van der Waals surface area contributed by atoms with Gasteiger partial charge in [0, 0.05) is 35.1 Å². The fourth-order valence-corrected chi connectivity index (χ4v) is 4.00. The molecular formula is C14H20ClN3O2S2. The van der Waals surface area contributed by atoms with Crippen LogP contribution in [0.5, 0.6) is 0 Å². The van der Waals surface area contributed by atoms with Gasteiger partial charge in [-0.05, 0) is 17.9 Å². The third kappa shape index (κ3) is 4.41. The molecule has 0 saturated carbocycles. The molecule has 1 saturated heterocycles. The van der Waals surface area contributed by atoms with Crippen LogP contribution in [0.15, 0.2) is 23.7 Å². The number of ether oxygens (including phenoxy) is 1. The Balaban J connectivity index is 0.00000176. The second-order valence-corrected chi connectivity index (χ2v) is 7.26. The Hall–Kier alpha value is -0.700. The molecule has 0 amide bonds. The van der Waals surface area contributed by atoms with Crippen molar-refractivity contribution in [3.05, 3.63) is 33.5 Å². The summed E-state index contributed by atoms with van der Waals surface area (Å²) in [6, 6.07) is 4.17. The molecule has 1 aliphatic rings. The van der Waals surface area contributed by atoms with Crippen LogP contribution in [-0.4, -0.2) is 40.8 Å². The summed E-state index contributed by atoms with van der Waals surface area (Å²) in [6.07, 6.45) is 2.10. The predicted octanol–water partition coefficient (Wildman–Crippen LogP) is 2.53. The maximum Gasteiger partial charge on any atom is 0.180 e. The Morgan fingerprint density at radius 3 is 3.09 bits per heavy atom. The number of nitrogens with two attached hydrogens (primary N) is 1. The van der Waals surface area contributed by atoms with Crippen molar-refractivity contribution in [2.24, 2.45) is 0 Å². The first-order valence-electron chi connectivity index (χ1n) is 6.96. The lowest BCUT2D eigenvalue weighted by atomic mass is 10.1. The van der Waals surface area contributed by atoms with Crippen molar-refractivity contribution in [3.63, 3.8) is 0 Å². The number of aliphatic hydroxyl groups is 1. The Labute approximate surface area is 144 Å². The largest absolute Gasteiger partial charge is 0.388 e. The molecule has 2 aromatic heterocycles. The third-order valence-corrected chi connectivity index (χ3v) is 5.43. The number of nitrogens with zero attached hydrogens (tertiary/aromatic N) is 2. The zero-order chi connectivity index (χ0) is 14.7. The Morgan fingerprint density at radius 2 is 2.41 bits per heavy atom. The summed E-state index contributed by atoms with van der Waals surface area (Å²) >= 11 is 3.12. The van der Waals surface area contributed by atoms with Crippen molar-refractivity contribution in [1.82, 2.24) is 9.88 Å². The molecule has 0 aromatic carbocycles. The van der Waals surface area contributed by atoms with Crippen LogP contribution < -0.4 is 5.73 Å².